The van der Waals surface area contributed by atoms with Gasteiger partial charge >= 0.3 is 0 Å². The van der Waals surface area contributed by atoms with Crippen molar-refractivity contribution in [3.8, 4) is 0 Å². The molecule has 0 bridgehead atoms. The van der Waals surface area contributed by atoms with Gasteiger partial charge in [0.15, 0.2) is 0 Å². The highest BCUT2D eigenvalue weighted by Gasteiger charge is 2.55. The summed E-state index contributed by atoms with van der Waals surface area (Å²) < 4.78 is 6.06. The van der Waals surface area contributed by atoms with Gasteiger partial charge in [-0.25, -0.2) is 0 Å². The quantitative estimate of drug-likeness (QED) is 0.528. The molecule has 1 heterocycles. The molecule has 0 N–H and O–H groups in total. The molecule has 0 aromatic carbocycles. The molecule has 1 aliphatic heterocycles. The van der Waals surface area contributed by atoms with Crippen molar-refractivity contribution in [2.75, 3.05) is 24.7 Å². The highest BCUT2D eigenvalue weighted by Crippen LogP contribution is 2.63. The first-order valence-corrected chi connectivity index (χ1v) is 6.81. The van der Waals surface area contributed by atoms with E-state index in [4.69, 9.17) is 4.74 Å². The molecular weight excluding hydrogens is 200 g/mol. The first-order chi connectivity index (χ1) is 6.37. The van der Waals surface area contributed by atoms with Crippen LogP contribution in [0.15, 0.2) is 12.7 Å². The van der Waals surface area contributed by atoms with E-state index in [1.165, 1.54) is 24.3 Å². The van der Waals surface area contributed by atoms with Crippen molar-refractivity contribution < 1.29 is 4.74 Å². The Bertz CT molecular complexity index is 187. The molecule has 1 nitrogen and oxygen atoms in total. The van der Waals surface area contributed by atoms with Gasteiger partial charge in [-0.3, -0.25) is 0 Å². The standard InChI is InChI=1S/C10H16OS2/c1-2-4-11-8-9-7-10(9)12-5-3-6-13-10/h2,9H,1,3-8H2. The lowest BCUT2D eigenvalue weighted by Crippen LogP contribution is -2.12. The van der Waals surface area contributed by atoms with Crippen LogP contribution in [0.5, 0.6) is 0 Å². The van der Waals surface area contributed by atoms with Crippen LogP contribution >= 0.6 is 23.5 Å². The van der Waals surface area contributed by atoms with Crippen LogP contribution in [0.25, 0.3) is 0 Å². The van der Waals surface area contributed by atoms with Crippen molar-refractivity contribution in [3.63, 3.8) is 0 Å². The molecule has 1 unspecified atom stereocenters. The summed E-state index contributed by atoms with van der Waals surface area (Å²) in [7, 11) is 0. The minimum Gasteiger partial charge on any atom is -0.377 e. The maximum atomic E-state index is 5.49. The van der Waals surface area contributed by atoms with Crippen LogP contribution in [-0.4, -0.2) is 28.8 Å². The maximum Gasteiger partial charge on any atom is 0.0666 e. The molecule has 2 fully saturated rings. The predicted molar refractivity (Wildman–Crippen MR) is 61.4 cm³/mol. The van der Waals surface area contributed by atoms with Crippen LogP contribution in [0.2, 0.25) is 0 Å². The van der Waals surface area contributed by atoms with Crippen molar-refractivity contribution in [2.24, 2.45) is 5.92 Å². The summed E-state index contributed by atoms with van der Waals surface area (Å²) in [5, 5.41) is 0. The minimum absolute atomic E-state index is 0.569. The van der Waals surface area contributed by atoms with Gasteiger partial charge in [-0.15, -0.1) is 30.1 Å². The molecule has 0 amide bonds. The molecule has 1 aliphatic carbocycles. The summed E-state index contributed by atoms with van der Waals surface area (Å²) >= 11 is 4.31. The Labute approximate surface area is 88.7 Å². The molecule has 2 aliphatic rings. The summed E-state index contributed by atoms with van der Waals surface area (Å²) in [6, 6.07) is 0. The summed E-state index contributed by atoms with van der Waals surface area (Å²) in [5.41, 5.74) is 0. The predicted octanol–water partition coefficient (Wildman–Crippen LogP) is 2.78. The Hall–Kier alpha value is 0.400. The Morgan fingerprint density at radius 1 is 1.46 bits per heavy atom. The summed E-state index contributed by atoms with van der Waals surface area (Å²) in [6.45, 7) is 5.29. The van der Waals surface area contributed by atoms with Gasteiger partial charge in [0.1, 0.15) is 0 Å². The zero-order valence-corrected chi connectivity index (χ0v) is 9.46. The van der Waals surface area contributed by atoms with E-state index in [0.717, 1.165) is 12.5 Å². The molecule has 1 saturated heterocycles. The van der Waals surface area contributed by atoms with Crippen LogP contribution in [0, 0.1) is 5.92 Å². The highest BCUT2D eigenvalue weighted by molar-refractivity contribution is 8.19. The summed E-state index contributed by atoms with van der Waals surface area (Å²) in [5.74, 6) is 3.51. The molecule has 0 aromatic rings. The van der Waals surface area contributed by atoms with Crippen LogP contribution in [0.4, 0.5) is 0 Å². The van der Waals surface area contributed by atoms with Crippen LogP contribution in [0.3, 0.4) is 0 Å². The van der Waals surface area contributed by atoms with Gasteiger partial charge < -0.3 is 4.74 Å². The summed E-state index contributed by atoms with van der Waals surface area (Å²) in [6.07, 6.45) is 4.58. The Morgan fingerprint density at radius 3 is 2.92 bits per heavy atom. The van der Waals surface area contributed by atoms with E-state index in [-0.39, 0.29) is 0 Å². The normalized spacial score (nSPS) is 30.3. The molecule has 74 valence electrons. The fraction of sp³-hybridized carbons (Fsp3) is 0.800. The van der Waals surface area contributed by atoms with E-state index in [2.05, 4.69) is 30.1 Å². The number of hydrogen-bond donors (Lipinski definition) is 0. The fourth-order valence-electron chi connectivity index (χ4n) is 1.71. The second-order valence-corrected chi connectivity index (χ2v) is 6.70. The molecule has 13 heavy (non-hydrogen) atoms. The SMILES string of the molecule is C=CCOCC1CC12SCCCS2. The average Bonchev–Trinajstić information content (AvgIpc) is 2.80. The second kappa shape index (κ2) is 4.28. The molecule has 0 radical (unpaired) electrons. The van der Waals surface area contributed by atoms with Crippen molar-refractivity contribution in [3.05, 3.63) is 12.7 Å². The number of thioether (sulfide) groups is 2. The van der Waals surface area contributed by atoms with Crippen molar-refractivity contribution in [1.82, 2.24) is 0 Å². The topological polar surface area (TPSA) is 9.23 Å². The molecule has 0 aromatic heterocycles. The van der Waals surface area contributed by atoms with E-state index in [1.54, 1.807) is 0 Å². The van der Waals surface area contributed by atoms with Gasteiger partial charge in [-0.2, -0.15) is 0 Å². The van der Waals surface area contributed by atoms with Crippen LogP contribution < -0.4 is 0 Å². The van der Waals surface area contributed by atoms with Crippen molar-refractivity contribution in [1.29, 1.82) is 0 Å². The van der Waals surface area contributed by atoms with Crippen molar-refractivity contribution in [2.45, 2.75) is 16.9 Å². The molecule has 1 spiro atoms. The van der Waals surface area contributed by atoms with E-state index in [1.807, 2.05) is 6.08 Å². The fourth-order valence-corrected chi connectivity index (χ4v) is 5.24. The second-order valence-electron chi connectivity index (χ2n) is 3.59. The first-order valence-electron chi connectivity index (χ1n) is 4.84. The van der Waals surface area contributed by atoms with Gasteiger partial charge in [0.25, 0.3) is 0 Å². The molecule has 1 saturated carbocycles. The molecule has 1 atom stereocenters. The van der Waals surface area contributed by atoms with Gasteiger partial charge in [0, 0.05) is 5.92 Å². The van der Waals surface area contributed by atoms with E-state index in [0.29, 0.717) is 10.7 Å². The van der Waals surface area contributed by atoms with Gasteiger partial charge in [0.2, 0.25) is 0 Å². The van der Waals surface area contributed by atoms with Crippen LogP contribution in [0.1, 0.15) is 12.8 Å². The Balaban J connectivity index is 1.70. The zero-order valence-electron chi connectivity index (χ0n) is 7.83. The lowest BCUT2D eigenvalue weighted by atomic mass is 10.5. The first kappa shape index (κ1) is 9.94. The minimum atomic E-state index is 0.569. The van der Waals surface area contributed by atoms with Gasteiger partial charge in [-0.1, -0.05) is 6.08 Å². The zero-order chi connectivity index (χ0) is 9.15. The third-order valence-electron chi connectivity index (χ3n) is 2.53. The lowest BCUT2D eigenvalue weighted by Gasteiger charge is -2.21. The highest BCUT2D eigenvalue weighted by atomic mass is 32.2. The Kier molecular flexibility index (Phi) is 3.27. The third kappa shape index (κ3) is 2.25. The monoisotopic (exact) mass is 216 g/mol. The number of hydrogen-bond acceptors (Lipinski definition) is 3. The summed E-state index contributed by atoms with van der Waals surface area (Å²) in [4.78, 5) is 0. The van der Waals surface area contributed by atoms with E-state index < -0.39 is 0 Å². The average molecular weight is 216 g/mol. The van der Waals surface area contributed by atoms with Crippen molar-refractivity contribution >= 4 is 23.5 Å². The van der Waals surface area contributed by atoms with E-state index in [9.17, 15) is 0 Å². The molecule has 3 heteroatoms. The lowest BCUT2D eigenvalue weighted by molar-refractivity contribution is 0.151. The molecule has 2 rings (SSSR count). The number of rotatable bonds is 4. The van der Waals surface area contributed by atoms with Gasteiger partial charge in [0.05, 0.1) is 17.3 Å². The Morgan fingerprint density at radius 2 is 2.23 bits per heavy atom. The third-order valence-corrected chi connectivity index (χ3v) is 6.20. The van der Waals surface area contributed by atoms with Gasteiger partial charge in [-0.05, 0) is 24.3 Å². The smallest absolute Gasteiger partial charge is 0.0666 e. The number of ether oxygens (including phenoxy) is 1. The van der Waals surface area contributed by atoms with Crippen LogP contribution in [-0.2, 0) is 4.74 Å². The molecular formula is C10H16OS2. The largest absolute Gasteiger partial charge is 0.377 e. The van der Waals surface area contributed by atoms with E-state index >= 15 is 0 Å². The maximum absolute atomic E-state index is 5.49.